The molecule has 2 rings (SSSR count). The van der Waals surface area contributed by atoms with Gasteiger partial charge < -0.3 is 10.6 Å². The van der Waals surface area contributed by atoms with Gasteiger partial charge in [-0.25, -0.2) is 9.07 Å². The molecule has 1 aromatic heterocycles. The van der Waals surface area contributed by atoms with Crippen molar-refractivity contribution >= 4 is 17.3 Å². The smallest absolute Gasteiger partial charge is 0.269 e. The van der Waals surface area contributed by atoms with Crippen LogP contribution in [-0.2, 0) is 6.54 Å². The summed E-state index contributed by atoms with van der Waals surface area (Å²) in [6.45, 7) is 1.53. The van der Waals surface area contributed by atoms with Crippen molar-refractivity contribution < 1.29 is 4.39 Å². The number of hydrogen-bond acceptors (Lipinski definition) is 4. The van der Waals surface area contributed by atoms with Gasteiger partial charge in [-0.2, -0.15) is 5.10 Å². The van der Waals surface area contributed by atoms with Gasteiger partial charge in [-0.3, -0.25) is 4.79 Å². The van der Waals surface area contributed by atoms with Crippen LogP contribution >= 0.6 is 11.6 Å². The van der Waals surface area contributed by atoms with Crippen LogP contribution in [0.25, 0.3) is 0 Å². The highest BCUT2D eigenvalue weighted by atomic mass is 35.5. The summed E-state index contributed by atoms with van der Waals surface area (Å²) in [6.07, 6.45) is 1.55. The molecular formula is C14H16ClFN4O. The lowest BCUT2D eigenvalue weighted by Crippen LogP contribution is -2.24. The molecule has 0 amide bonds. The number of hydrogen-bond donors (Lipinski definition) is 2. The number of nitrogens with one attached hydrogen (secondary N) is 2. The normalized spacial score (nSPS) is 10.6. The fraction of sp³-hybridized carbons (Fsp3) is 0.286. The van der Waals surface area contributed by atoms with Gasteiger partial charge in [-0.15, -0.1) is 0 Å². The number of halogens is 2. The Morgan fingerprint density at radius 3 is 2.81 bits per heavy atom. The Morgan fingerprint density at radius 2 is 2.14 bits per heavy atom. The first-order chi connectivity index (χ1) is 10.1. The fourth-order valence-electron chi connectivity index (χ4n) is 1.79. The molecule has 112 valence electrons. The average molecular weight is 311 g/mol. The summed E-state index contributed by atoms with van der Waals surface area (Å²) >= 11 is 5.69. The Labute approximate surface area is 126 Å². The molecule has 21 heavy (non-hydrogen) atoms. The molecule has 2 N–H and O–H groups in total. The average Bonchev–Trinajstić information content (AvgIpc) is 2.44. The van der Waals surface area contributed by atoms with Crippen LogP contribution in [0.4, 0.5) is 10.1 Å². The zero-order valence-corrected chi connectivity index (χ0v) is 12.3. The molecule has 5 nitrogen and oxygen atoms in total. The van der Waals surface area contributed by atoms with Crippen LogP contribution in [0.5, 0.6) is 0 Å². The first kappa shape index (κ1) is 15.5. The van der Waals surface area contributed by atoms with Gasteiger partial charge in [0, 0.05) is 29.7 Å². The molecule has 2 aromatic rings. The topological polar surface area (TPSA) is 59.0 Å². The minimum absolute atomic E-state index is 0.0681. The summed E-state index contributed by atoms with van der Waals surface area (Å²) < 4.78 is 14.9. The number of rotatable bonds is 6. The van der Waals surface area contributed by atoms with E-state index in [0.29, 0.717) is 22.8 Å². The van der Waals surface area contributed by atoms with Crippen LogP contribution in [0, 0.1) is 5.82 Å². The van der Waals surface area contributed by atoms with E-state index < -0.39 is 5.82 Å². The van der Waals surface area contributed by atoms with Crippen molar-refractivity contribution in [3.05, 3.63) is 57.2 Å². The van der Waals surface area contributed by atoms with Gasteiger partial charge in [-0.05, 0) is 19.2 Å². The maximum Gasteiger partial charge on any atom is 0.269 e. The van der Waals surface area contributed by atoms with E-state index in [1.165, 1.54) is 16.8 Å². The van der Waals surface area contributed by atoms with E-state index in [4.69, 9.17) is 11.6 Å². The van der Waals surface area contributed by atoms with Gasteiger partial charge in [-0.1, -0.05) is 17.7 Å². The van der Waals surface area contributed by atoms with Crippen molar-refractivity contribution in [2.45, 2.75) is 6.54 Å². The zero-order valence-electron chi connectivity index (χ0n) is 11.6. The Morgan fingerprint density at radius 1 is 1.33 bits per heavy atom. The number of likely N-dealkylation sites (N-methyl/N-ethyl adjacent to an activating group) is 1. The quantitative estimate of drug-likeness (QED) is 0.798. The second-order valence-corrected chi connectivity index (χ2v) is 4.94. The molecule has 0 saturated heterocycles. The molecule has 0 atom stereocenters. The maximum atomic E-state index is 13.7. The Balaban J connectivity index is 2.12. The van der Waals surface area contributed by atoms with E-state index in [1.807, 2.05) is 7.05 Å². The monoisotopic (exact) mass is 310 g/mol. The molecule has 0 fully saturated rings. The molecule has 0 aliphatic rings. The van der Waals surface area contributed by atoms with Gasteiger partial charge >= 0.3 is 0 Å². The van der Waals surface area contributed by atoms with Crippen LogP contribution in [-0.4, -0.2) is 29.9 Å². The standard InChI is InChI=1S/C14H16ClFN4O/c1-17-4-5-18-12-7-14(21)20(19-8-12)9-10-2-3-11(15)6-13(10)16/h2-3,6-8,17-18H,4-5,9H2,1H3. The third kappa shape index (κ3) is 4.27. The summed E-state index contributed by atoms with van der Waals surface area (Å²) in [7, 11) is 1.85. The third-order valence-corrected chi connectivity index (χ3v) is 3.14. The molecule has 0 radical (unpaired) electrons. The largest absolute Gasteiger partial charge is 0.382 e. The minimum Gasteiger partial charge on any atom is -0.382 e. The molecule has 7 heteroatoms. The number of anilines is 1. The van der Waals surface area contributed by atoms with Crippen molar-refractivity contribution in [1.29, 1.82) is 0 Å². The van der Waals surface area contributed by atoms with Gasteiger partial charge in [0.15, 0.2) is 0 Å². The van der Waals surface area contributed by atoms with Crippen molar-refractivity contribution in [2.24, 2.45) is 0 Å². The van der Waals surface area contributed by atoms with E-state index in [2.05, 4.69) is 15.7 Å². The van der Waals surface area contributed by atoms with Crippen molar-refractivity contribution in [3.63, 3.8) is 0 Å². The first-order valence-electron chi connectivity index (χ1n) is 6.49. The summed E-state index contributed by atoms with van der Waals surface area (Å²) in [5.41, 5.74) is 0.715. The fourth-order valence-corrected chi connectivity index (χ4v) is 1.95. The predicted octanol–water partition coefficient (Wildman–Crippen LogP) is 1.72. The van der Waals surface area contributed by atoms with E-state index in [-0.39, 0.29) is 12.1 Å². The molecule has 0 unspecified atom stereocenters. The number of nitrogens with zero attached hydrogens (tertiary/aromatic N) is 2. The van der Waals surface area contributed by atoms with E-state index >= 15 is 0 Å². The van der Waals surface area contributed by atoms with Gasteiger partial charge in [0.2, 0.25) is 0 Å². The maximum absolute atomic E-state index is 13.7. The molecule has 1 aromatic carbocycles. The lowest BCUT2D eigenvalue weighted by atomic mass is 10.2. The van der Waals surface area contributed by atoms with Gasteiger partial charge in [0.25, 0.3) is 5.56 Å². The summed E-state index contributed by atoms with van der Waals surface area (Å²) in [4.78, 5) is 12.0. The highest BCUT2D eigenvalue weighted by molar-refractivity contribution is 6.30. The predicted molar refractivity (Wildman–Crippen MR) is 81.4 cm³/mol. The minimum atomic E-state index is -0.451. The van der Waals surface area contributed by atoms with Gasteiger partial charge in [0.05, 0.1) is 18.4 Å². The van der Waals surface area contributed by atoms with E-state index in [1.54, 1.807) is 18.3 Å². The molecule has 0 aliphatic heterocycles. The first-order valence-corrected chi connectivity index (χ1v) is 6.87. The number of aromatic nitrogens is 2. The highest BCUT2D eigenvalue weighted by Gasteiger charge is 2.06. The molecule has 0 bridgehead atoms. The highest BCUT2D eigenvalue weighted by Crippen LogP contribution is 2.15. The van der Waals surface area contributed by atoms with E-state index in [0.717, 1.165) is 6.54 Å². The SMILES string of the molecule is CNCCNc1cnn(Cc2ccc(Cl)cc2F)c(=O)c1. The van der Waals surface area contributed by atoms with Gasteiger partial charge in [0.1, 0.15) is 5.82 Å². The summed E-state index contributed by atoms with van der Waals surface area (Å²) in [5.74, 6) is -0.451. The lowest BCUT2D eigenvalue weighted by Gasteiger charge is -2.08. The van der Waals surface area contributed by atoms with Crippen LogP contribution in [0.1, 0.15) is 5.56 Å². The summed E-state index contributed by atoms with van der Waals surface area (Å²) in [6, 6.07) is 5.79. The van der Waals surface area contributed by atoms with Crippen LogP contribution in [0.15, 0.2) is 35.3 Å². The van der Waals surface area contributed by atoms with Crippen molar-refractivity contribution in [2.75, 3.05) is 25.5 Å². The van der Waals surface area contributed by atoms with E-state index in [9.17, 15) is 9.18 Å². The van der Waals surface area contributed by atoms with Crippen LogP contribution < -0.4 is 16.2 Å². The Bertz CT molecular complexity index is 674. The molecule has 0 aliphatic carbocycles. The third-order valence-electron chi connectivity index (χ3n) is 2.91. The lowest BCUT2D eigenvalue weighted by molar-refractivity contribution is 0.572. The van der Waals surface area contributed by atoms with Crippen molar-refractivity contribution in [3.8, 4) is 0 Å². The molecule has 0 saturated carbocycles. The van der Waals surface area contributed by atoms with Crippen molar-refractivity contribution in [1.82, 2.24) is 15.1 Å². The molecular weight excluding hydrogens is 295 g/mol. The van der Waals surface area contributed by atoms with Crippen LogP contribution in [0.3, 0.4) is 0 Å². The molecule has 0 spiro atoms. The second kappa shape index (κ2) is 7.19. The van der Waals surface area contributed by atoms with Crippen LogP contribution in [0.2, 0.25) is 5.02 Å². The Hall–Kier alpha value is -1.92. The zero-order chi connectivity index (χ0) is 15.2. The summed E-state index contributed by atoms with van der Waals surface area (Å²) in [5, 5.41) is 10.4. The molecule has 1 heterocycles. The number of benzene rings is 1. The second-order valence-electron chi connectivity index (χ2n) is 4.51. The Kier molecular flexibility index (Phi) is 5.30.